The Balaban J connectivity index is -0.0000000523. The maximum atomic E-state index is 11.3. The molecule has 288 valence electrons. The van der Waals surface area contributed by atoms with Crippen molar-refractivity contribution in [3.63, 3.8) is 0 Å². The van der Waals surface area contributed by atoms with E-state index in [0.29, 0.717) is 12.1 Å². The van der Waals surface area contributed by atoms with Crippen LogP contribution < -0.4 is 28.3 Å². The fourth-order valence-electron chi connectivity index (χ4n) is 1.99. The molecular weight excluding hydrogens is 703 g/mol. The number of carboxylic acids is 2. The van der Waals surface area contributed by atoms with E-state index in [9.17, 15) is 44.7 Å². The van der Waals surface area contributed by atoms with Crippen LogP contribution >= 0.6 is 38.3 Å². The molecule has 11 N–H and O–H groups in total. The Labute approximate surface area is 287 Å². The average molecular weight is 762 g/mol. The van der Waals surface area contributed by atoms with Crippen LogP contribution in [0.3, 0.4) is 0 Å². The van der Waals surface area contributed by atoms with Gasteiger partial charge in [0.15, 0.2) is 0 Å². The molecule has 0 aromatic carbocycles. The van der Waals surface area contributed by atoms with Gasteiger partial charge < -0.3 is 38.5 Å². The lowest BCUT2D eigenvalue weighted by atomic mass is 10.2. The third-order valence-corrected chi connectivity index (χ3v) is 3.55. The first-order chi connectivity index (χ1) is 18.8. The van der Waals surface area contributed by atoms with Crippen molar-refractivity contribution >= 4 is 56.1 Å². The first-order valence-corrected chi connectivity index (χ1v) is 12.8. The van der Waals surface area contributed by atoms with Crippen molar-refractivity contribution in [2.75, 3.05) is 0 Å². The number of aliphatic imine (C=N–C) groups is 1. The second-order valence-electron chi connectivity index (χ2n) is 9.46. The van der Waals surface area contributed by atoms with E-state index in [1.54, 1.807) is 13.8 Å². The highest BCUT2D eigenvalue weighted by Gasteiger charge is 2.17. The van der Waals surface area contributed by atoms with E-state index in [4.69, 9.17) is 33.1 Å². The summed E-state index contributed by atoms with van der Waals surface area (Å²) in [6.45, 7) is 13.5. The Morgan fingerprint density at radius 3 is 0.957 bits per heavy atom. The maximum absolute atomic E-state index is 11.3. The molecule has 0 saturated heterocycles. The third kappa shape index (κ3) is 78.7. The summed E-state index contributed by atoms with van der Waals surface area (Å²) in [5.41, 5.74) is 19.5. The van der Waals surface area contributed by atoms with Gasteiger partial charge in [-0.3, -0.25) is 14.6 Å². The molecule has 0 aliphatic rings. The largest absolute Gasteiger partial charge is 0.480 e. The fraction of sp³-hybridized carbons (Fsp3) is 0.880. The highest BCUT2D eigenvalue weighted by atomic mass is 35.5. The van der Waals surface area contributed by atoms with E-state index in [-0.39, 0.29) is 70.7 Å². The summed E-state index contributed by atoms with van der Waals surface area (Å²) in [5.74, 6) is -1.75. The van der Waals surface area contributed by atoms with Gasteiger partial charge in [-0.1, -0.05) is 7.43 Å². The molecular formula is C25H58Cl2F8N6O4S. The lowest BCUT2D eigenvalue weighted by Gasteiger charge is -2.09. The Bertz CT molecular complexity index is 642. The van der Waals surface area contributed by atoms with Crippen LogP contribution in [0.25, 0.3) is 0 Å². The van der Waals surface area contributed by atoms with Crippen molar-refractivity contribution in [2.24, 2.45) is 27.9 Å². The van der Waals surface area contributed by atoms with Crippen LogP contribution in [0.4, 0.5) is 35.1 Å². The summed E-state index contributed by atoms with van der Waals surface area (Å²) in [5, 5.41) is 19.2. The van der Waals surface area contributed by atoms with Crippen LogP contribution in [0.1, 0.15) is 81.6 Å². The molecule has 0 saturated carbocycles. The molecule has 0 amide bonds. The van der Waals surface area contributed by atoms with Crippen molar-refractivity contribution in [3.05, 3.63) is 0 Å². The van der Waals surface area contributed by atoms with Gasteiger partial charge in [0.05, 0.1) is 5.84 Å². The molecule has 0 bridgehead atoms. The van der Waals surface area contributed by atoms with Gasteiger partial charge in [0.25, 0.3) is 0 Å². The number of hydrogen-bond donors (Lipinski definition) is 7. The van der Waals surface area contributed by atoms with Gasteiger partial charge in [-0.2, -0.15) is 13.5 Å². The Kier molecular flexibility index (Phi) is 60.6. The Morgan fingerprint density at radius 1 is 0.630 bits per heavy atom. The van der Waals surface area contributed by atoms with E-state index in [0.717, 1.165) is 5.84 Å². The number of carboxylic acid groups (broad SMARTS) is 2. The standard InChI is InChI=1S/C8H18N2.2C4H7F2NO2.2C4H9F2N.CH4.2ClH.H2S/c1-6(2)9-8(5)10-7(3)4;2*5-3(6)1-2(7)4(8)9;2*1-3(7)2-4(5)6;;;;/h6-7H,1-5H3,(H,9,10);2*2-3H,1,7H2,(H,8,9);2*3-4H,2,7H2,1H3;1H4;2*1H;1H2/t;2*2-;2*3-;;;;/m.1010..../s1. The van der Waals surface area contributed by atoms with Crippen LogP contribution in [0.5, 0.6) is 0 Å². The number of alkyl halides is 8. The number of halogens is 10. The van der Waals surface area contributed by atoms with Crippen molar-refractivity contribution < 1.29 is 54.9 Å². The van der Waals surface area contributed by atoms with Crippen molar-refractivity contribution in [3.8, 4) is 0 Å². The minimum atomic E-state index is -2.64. The van der Waals surface area contributed by atoms with Crippen LogP contribution in [0.15, 0.2) is 4.99 Å². The normalized spacial score (nSPS) is 12.8. The lowest BCUT2D eigenvalue weighted by Crippen LogP contribution is -2.31. The molecule has 0 spiro atoms. The number of nitrogens with zero attached hydrogens (tertiary/aromatic N) is 1. The third-order valence-electron chi connectivity index (χ3n) is 3.55. The van der Waals surface area contributed by atoms with Gasteiger partial charge in [-0.05, 0) is 48.5 Å². The first kappa shape index (κ1) is 66.9. The van der Waals surface area contributed by atoms with Crippen molar-refractivity contribution in [2.45, 2.75) is 144 Å². The molecule has 0 radical (unpaired) electrons. The quantitative estimate of drug-likeness (QED) is 0.0763. The predicted octanol–water partition coefficient (Wildman–Crippen LogP) is 5.49. The molecule has 0 fully saturated rings. The molecule has 0 aromatic heterocycles. The fourth-order valence-corrected chi connectivity index (χ4v) is 1.99. The summed E-state index contributed by atoms with van der Waals surface area (Å²) < 4.78 is 90.0. The topological polar surface area (TPSA) is 203 Å². The van der Waals surface area contributed by atoms with E-state index >= 15 is 0 Å². The van der Waals surface area contributed by atoms with Crippen LogP contribution in [-0.4, -0.2) is 89.9 Å². The van der Waals surface area contributed by atoms with Gasteiger partial charge in [-0.25, -0.2) is 35.1 Å². The van der Waals surface area contributed by atoms with Crippen LogP contribution in [0.2, 0.25) is 0 Å². The SMILES string of the molecule is C.CC(=NC(C)C)NC(C)C.C[C@@H](N)CC(F)F.C[C@H](N)CC(F)F.Cl.Cl.N[C@@H](CC(F)F)C(=O)O.N[C@H](CC(F)F)C(=O)O.S. The van der Waals surface area contributed by atoms with Gasteiger partial charge in [-0.15, -0.1) is 24.8 Å². The molecule has 21 heteroatoms. The molecule has 4 atom stereocenters. The first-order valence-electron chi connectivity index (χ1n) is 12.8. The summed E-state index contributed by atoms with van der Waals surface area (Å²) >= 11 is 0. The minimum absolute atomic E-state index is 0. The van der Waals surface area contributed by atoms with E-state index < -0.39 is 62.6 Å². The summed E-state index contributed by atoms with van der Waals surface area (Å²) in [6.07, 6.45) is -11.7. The maximum Gasteiger partial charge on any atom is 0.320 e. The summed E-state index contributed by atoms with van der Waals surface area (Å²) in [7, 11) is 0. The number of hydrogen-bond acceptors (Lipinski definition) is 7. The zero-order chi connectivity index (χ0) is 34.7. The number of carbonyl (C=O) groups is 2. The van der Waals surface area contributed by atoms with Gasteiger partial charge in [0.2, 0.25) is 25.7 Å². The second-order valence-corrected chi connectivity index (χ2v) is 9.46. The number of aliphatic carboxylic acids is 2. The minimum Gasteiger partial charge on any atom is -0.480 e. The molecule has 10 nitrogen and oxygen atoms in total. The van der Waals surface area contributed by atoms with Gasteiger partial charge >= 0.3 is 11.9 Å². The molecule has 0 aliphatic carbocycles. The summed E-state index contributed by atoms with van der Waals surface area (Å²) in [6, 6.07) is -2.75. The highest BCUT2D eigenvalue weighted by molar-refractivity contribution is 7.59. The van der Waals surface area contributed by atoms with E-state index in [1.807, 2.05) is 6.92 Å². The van der Waals surface area contributed by atoms with Gasteiger partial charge in [0.1, 0.15) is 12.1 Å². The van der Waals surface area contributed by atoms with Crippen LogP contribution in [-0.2, 0) is 9.59 Å². The average Bonchev–Trinajstić information content (AvgIpc) is 2.71. The second kappa shape index (κ2) is 41.6. The molecule has 46 heavy (non-hydrogen) atoms. The molecule has 0 aromatic rings. The molecule has 0 rings (SSSR count). The Hall–Kier alpha value is -1.38. The molecule has 0 unspecified atom stereocenters. The zero-order valence-corrected chi connectivity index (χ0v) is 29.0. The smallest absolute Gasteiger partial charge is 0.320 e. The number of amidine groups is 1. The van der Waals surface area contributed by atoms with Gasteiger partial charge in [0, 0.05) is 49.9 Å². The zero-order valence-electron chi connectivity index (χ0n) is 26.4. The molecule has 0 aliphatic heterocycles. The highest BCUT2D eigenvalue weighted by Crippen LogP contribution is 2.02. The summed E-state index contributed by atoms with van der Waals surface area (Å²) in [4.78, 5) is 23.9. The Morgan fingerprint density at radius 2 is 0.870 bits per heavy atom. The van der Waals surface area contributed by atoms with Crippen molar-refractivity contribution in [1.29, 1.82) is 0 Å². The number of rotatable bonds is 12. The number of nitrogens with one attached hydrogen (secondary N) is 1. The predicted molar refractivity (Wildman–Crippen MR) is 179 cm³/mol. The number of nitrogens with two attached hydrogens (primary N) is 4. The van der Waals surface area contributed by atoms with E-state index in [2.05, 4.69) is 38.0 Å². The van der Waals surface area contributed by atoms with Crippen molar-refractivity contribution in [1.82, 2.24) is 5.32 Å². The monoisotopic (exact) mass is 760 g/mol. The lowest BCUT2D eigenvalue weighted by molar-refractivity contribution is -0.140. The van der Waals surface area contributed by atoms with E-state index in [1.165, 1.54) is 0 Å². The van der Waals surface area contributed by atoms with Crippen LogP contribution in [0, 0.1) is 0 Å². The molecule has 0 heterocycles.